The van der Waals surface area contributed by atoms with Crippen molar-refractivity contribution in [2.24, 2.45) is 0 Å². The first-order chi connectivity index (χ1) is 14.1. The number of amides is 2. The summed E-state index contributed by atoms with van der Waals surface area (Å²) in [6, 6.07) is 13.7. The highest BCUT2D eigenvalue weighted by molar-refractivity contribution is 7.21. The molecule has 0 radical (unpaired) electrons. The number of thiophene rings is 1. The number of hydrogen-bond acceptors (Lipinski definition) is 5. The van der Waals surface area contributed by atoms with Crippen molar-refractivity contribution in [3.05, 3.63) is 64.8 Å². The quantitative estimate of drug-likeness (QED) is 0.703. The van der Waals surface area contributed by atoms with E-state index in [1.807, 2.05) is 42.5 Å². The molecule has 0 aliphatic carbocycles. The molecule has 1 aliphatic heterocycles. The van der Waals surface area contributed by atoms with Crippen molar-refractivity contribution in [1.29, 1.82) is 0 Å². The number of nitrogens with one attached hydrogen (secondary N) is 1. The molecule has 3 aromatic rings. The van der Waals surface area contributed by atoms with Crippen LogP contribution in [0.1, 0.15) is 34.0 Å². The summed E-state index contributed by atoms with van der Waals surface area (Å²) < 4.78 is 7.04. The third-order valence-electron chi connectivity index (χ3n) is 5.07. The van der Waals surface area contributed by atoms with Crippen molar-refractivity contribution in [3.63, 3.8) is 0 Å². The van der Waals surface area contributed by atoms with Crippen LogP contribution in [0.5, 0.6) is 0 Å². The summed E-state index contributed by atoms with van der Waals surface area (Å²) in [5, 5.41) is 4.03. The molecule has 1 aromatic carbocycles. The molecule has 3 heterocycles. The molecule has 29 heavy (non-hydrogen) atoms. The van der Waals surface area contributed by atoms with Crippen molar-refractivity contribution < 1.29 is 14.3 Å². The largest absolute Gasteiger partial charge is 0.370 e. The van der Waals surface area contributed by atoms with Crippen molar-refractivity contribution in [2.75, 3.05) is 26.2 Å². The van der Waals surface area contributed by atoms with Crippen LogP contribution in [0.15, 0.2) is 48.7 Å². The van der Waals surface area contributed by atoms with Crippen LogP contribution < -0.4 is 5.32 Å². The molecule has 2 aromatic heterocycles. The fourth-order valence-electron chi connectivity index (χ4n) is 3.59. The van der Waals surface area contributed by atoms with Crippen molar-refractivity contribution >= 4 is 33.2 Å². The molecule has 0 saturated carbocycles. The second-order valence-corrected chi connectivity index (χ2v) is 8.04. The van der Waals surface area contributed by atoms with Gasteiger partial charge in [0.05, 0.1) is 18.0 Å². The van der Waals surface area contributed by atoms with E-state index in [0.717, 1.165) is 21.3 Å². The Kier molecular flexibility index (Phi) is 5.87. The van der Waals surface area contributed by atoms with E-state index >= 15 is 0 Å². The molecule has 1 N–H and O–H groups in total. The van der Waals surface area contributed by atoms with Crippen molar-refractivity contribution in [2.45, 2.75) is 19.4 Å². The van der Waals surface area contributed by atoms with Gasteiger partial charge in [-0.25, -0.2) is 0 Å². The fraction of sp³-hybridized carbons (Fsp3) is 0.318. The highest BCUT2D eigenvalue weighted by atomic mass is 32.1. The lowest BCUT2D eigenvalue weighted by molar-refractivity contribution is -0.136. The van der Waals surface area contributed by atoms with E-state index in [4.69, 9.17) is 4.74 Å². The summed E-state index contributed by atoms with van der Waals surface area (Å²) in [5.41, 5.74) is 1.82. The maximum absolute atomic E-state index is 13.0. The number of fused-ring (bicyclic) bond motifs is 1. The van der Waals surface area contributed by atoms with Gasteiger partial charge in [0.25, 0.3) is 5.91 Å². The molecule has 1 saturated heterocycles. The van der Waals surface area contributed by atoms with E-state index in [0.29, 0.717) is 37.5 Å². The van der Waals surface area contributed by atoms with Crippen LogP contribution in [0.4, 0.5) is 0 Å². The first kappa shape index (κ1) is 19.5. The molecule has 1 aliphatic rings. The van der Waals surface area contributed by atoms with Gasteiger partial charge in [-0.15, -0.1) is 11.3 Å². The Balaban J connectivity index is 1.57. The number of carbonyl (C=O) groups is 2. The Morgan fingerprint density at radius 3 is 2.86 bits per heavy atom. The van der Waals surface area contributed by atoms with Crippen LogP contribution >= 0.6 is 11.3 Å². The zero-order valence-corrected chi connectivity index (χ0v) is 17.1. The zero-order valence-electron chi connectivity index (χ0n) is 16.3. The minimum absolute atomic E-state index is 0.0270. The molecule has 0 unspecified atom stereocenters. The van der Waals surface area contributed by atoms with E-state index in [1.165, 1.54) is 11.3 Å². The Morgan fingerprint density at radius 2 is 2.07 bits per heavy atom. The van der Waals surface area contributed by atoms with Gasteiger partial charge in [-0.2, -0.15) is 0 Å². The Bertz CT molecular complexity index is 1020. The summed E-state index contributed by atoms with van der Waals surface area (Å²) in [7, 11) is 0. The summed E-state index contributed by atoms with van der Waals surface area (Å²) >= 11 is 1.47. The summed E-state index contributed by atoms with van der Waals surface area (Å²) in [6.07, 6.45) is 2.12. The molecule has 150 valence electrons. The molecule has 1 atom stereocenters. The lowest BCUT2D eigenvalue weighted by atomic mass is 10.0. The molecular formula is C22H23N3O3S. The minimum Gasteiger partial charge on any atom is -0.370 e. The highest BCUT2D eigenvalue weighted by Gasteiger charge is 2.30. The lowest BCUT2D eigenvalue weighted by Crippen LogP contribution is -2.41. The molecule has 2 amide bonds. The highest BCUT2D eigenvalue weighted by Crippen LogP contribution is 2.38. The third-order valence-corrected chi connectivity index (χ3v) is 6.25. The summed E-state index contributed by atoms with van der Waals surface area (Å²) in [6.45, 7) is 3.59. The van der Waals surface area contributed by atoms with Gasteiger partial charge in [-0.3, -0.25) is 14.6 Å². The number of nitrogens with zero attached hydrogens (tertiary/aromatic N) is 2. The normalized spacial score (nSPS) is 16.7. The number of ether oxygens (including phenoxy) is 1. The topological polar surface area (TPSA) is 71.5 Å². The molecule has 1 fully saturated rings. The molecule has 6 nitrogen and oxygen atoms in total. The smallest absolute Gasteiger partial charge is 0.261 e. The standard InChI is InChI=1S/C22H23N3O3S/c1-15(26)25-12-13-28-18(14-25)20-17-7-2-3-8-19(17)29-21(20)22(27)24-11-9-16-6-4-5-10-23-16/h2-8,10,18H,9,11-14H2,1H3,(H,24,27)/t18-/m1/s1. The maximum Gasteiger partial charge on any atom is 0.261 e. The minimum atomic E-state index is -0.305. The second-order valence-electron chi connectivity index (χ2n) is 6.99. The average molecular weight is 410 g/mol. The molecular weight excluding hydrogens is 386 g/mol. The SMILES string of the molecule is CC(=O)N1CCO[C@@H](c2c(C(=O)NCCc3ccccn3)sc3ccccc23)C1. The van der Waals surface area contributed by atoms with Crippen LogP contribution in [0.3, 0.4) is 0 Å². The van der Waals surface area contributed by atoms with E-state index in [1.54, 1.807) is 18.0 Å². The maximum atomic E-state index is 13.0. The monoisotopic (exact) mass is 409 g/mol. The first-order valence-electron chi connectivity index (χ1n) is 9.70. The number of hydrogen-bond donors (Lipinski definition) is 1. The number of carbonyl (C=O) groups excluding carboxylic acids is 2. The Morgan fingerprint density at radius 1 is 1.24 bits per heavy atom. The van der Waals surface area contributed by atoms with Gasteiger partial charge >= 0.3 is 0 Å². The molecule has 0 spiro atoms. The van der Waals surface area contributed by atoms with Gasteiger partial charge in [0, 0.05) is 48.6 Å². The third kappa shape index (κ3) is 4.31. The first-order valence-corrected chi connectivity index (χ1v) is 10.5. The van der Waals surface area contributed by atoms with Gasteiger partial charge in [-0.05, 0) is 23.6 Å². The number of morpholine rings is 1. The van der Waals surface area contributed by atoms with Crippen LogP contribution in [-0.2, 0) is 16.0 Å². The predicted molar refractivity (Wildman–Crippen MR) is 113 cm³/mol. The van der Waals surface area contributed by atoms with E-state index in [9.17, 15) is 9.59 Å². The van der Waals surface area contributed by atoms with Crippen molar-refractivity contribution in [1.82, 2.24) is 15.2 Å². The van der Waals surface area contributed by atoms with Crippen molar-refractivity contribution in [3.8, 4) is 0 Å². The predicted octanol–water partition coefficient (Wildman–Crippen LogP) is 3.19. The number of benzene rings is 1. The van der Waals surface area contributed by atoms with Gasteiger partial charge < -0.3 is 15.0 Å². The van der Waals surface area contributed by atoms with Crippen LogP contribution in [-0.4, -0.2) is 47.9 Å². The van der Waals surface area contributed by atoms with E-state index < -0.39 is 0 Å². The van der Waals surface area contributed by atoms with Crippen LogP contribution in [0, 0.1) is 0 Å². The van der Waals surface area contributed by atoms with Gasteiger partial charge in [-0.1, -0.05) is 24.3 Å². The summed E-state index contributed by atoms with van der Waals surface area (Å²) in [5.74, 6) is -0.0834. The molecule has 4 rings (SSSR count). The number of pyridine rings is 1. The summed E-state index contributed by atoms with van der Waals surface area (Å²) in [4.78, 5) is 31.6. The second kappa shape index (κ2) is 8.71. The van der Waals surface area contributed by atoms with Gasteiger partial charge in [0.15, 0.2) is 0 Å². The number of rotatable bonds is 5. The van der Waals surface area contributed by atoms with Crippen LogP contribution in [0.25, 0.3) is 10.1 Å². The fourth-order valence-corrected chi connectivity index (χ4v) is 4.76. The van der Waals surface area contributed by atoms with Gasteiger partial charge in [0.2, 0.25) is 5.91 Å². The zero-order chi connectivity index (χ0) is 20.2. The van der Waals surface area contributed by atoms with Crippen LogP contribution in [0.2, 0.25) is 0 Å². The Hall–Kier alpha value is -2.77. The molecule has 0 bridgehead atoms. The Labute approximate surface area is 173 Å². The lowest BCUT2D eigenvalue weighted by Gasteiger charge is -2.32. The van der Waals surface area contributed by atoms with Gasteiger partial charge in [0.1, 0.15) is 6.10 Å². The number of aromatic nitrogens is 1. The van der Waals surface area contributed by atoms with E-state index in [-0.39, 0.29) is 17.9 Å². The average Bonchev–Trinajstić information content (AvgIpc) is 3.14. The van der Waals surface area contributed by atoms with E-state index in [2.05, 4.69) is 10.3 Å². The molecule has 7 heteroatoms.